The summed E-state index contributed by atoms with van der Waals surface area (Å²) in [7, 11) is -9.99. The number of carbonyl (C=O) groups is 4. The van der Waals surface area contributed by atoms with Gasteiger partial charge >= 0.3 is 39.5 Å². The lowest BCUT2D eigenvalue weighted by Crippen LogP contribution is -2.30. The second kappa shape index (κ2) is 75.9. The summed E-state index contributed by atoms with van der Waals surface area (Å²) in [5.41, 5.74) is 0. The van der Waals surface area contributed by atoms with Crippen LogP contribution in [0.3, 0.4) is 0 Å². The lowest BCUT2D eigenvalue weighted by Gasteiger charge is -2.21. The average Bonchev–Trinajstić information content (AvgIpc) is 0.928. The van der Waals surface area contributed by atoms with Gasteiger partial charge in [-0.15, -0.1) is 0 Å². The molecule has 17 nitrogen and oxygen atoms in total. The van der Waals surface area contributed by atoms with Crippen LogP contribution in [0.5, 0.6) is 0 Å². The fraction of sp³-hybridized carbons (Fsp3) is 0.647. The summed E-state index contributed by atoms with van der Waals surface area (Å²) < 4.78 is 68.5. The van der Waals surface area contributed by atoms with Crippen LogP contribution in [0.1, 0.15) is 297 Å². The molecule has 5 atom stereocenters. The molecule has 0 aliphatic rings. The minimum Gasteiger partial charge on any atom is -0.462 e. The van der Waals surface area contributed by atoms with Gasteiger partial charge in [-0.1, -0.05) is 263 Å². The van der Waals surface area contributed by atoms with Gasteiger partial charge in [-0.2, -0.15) is 0 Å². The standard InChI is InChI=1S/C85H140O17P2/c1-5-9-13-17-21-25-29-32-35-37-39-41-44-47-51-54-58-62-66-70-83(88)96-76-81(102-85(90)72-68-64-60-56-52-48-45-42-40-38-36-33-30-26-22-18-14-10-6-2)78-100-104(93,94)98-74-79(86)73-97-103(91,92)99-77-80(101-84(89)71-67-63-59-55-49-28-24-20-16-12-8-4)75-95-82(87)69-65-61-57-53-50-46-43-34-31-27-23-19-15-11-7-3/h9,11,13,15,20-27,32-36,39-43,47,50-51,53,79-81,86H,5-8,10,12,14,16-19,28-31,37-38,44-46,48-49,52,54-78H2,1-4H3,(H,91,92)(H,93,94)/b13-9-,15-11-,24-20-,25-21-,26-22-,27-23-,35-32-,36-33-,41-39-,42-40-,43-34-,51-47-,53-50-. The molecule has 0 saturated heterocycles. The van der Waals surface area contributed by atoms with Gasteiger partial charge in [0.15, 0.2) is 12.2 Å². The predicted octanol–water partition coefficient (Wildman–Crippen LogP) is 23.2. The van der Waals surface area contributed by atoms with Gasteiger partial charge in [-0.25, -0.2) is 9.13 Å². The fourth-order valence-corrected chi connectivity index (χ4v) is 11.5. The van der Waals surface area contributed by atoms with E-state index in [1.807, 2.05) is 0 Å². The summed E-state index contributed by atoms with van der Waals surface area (Å²) in [5, 5.41) is 10.6. The van der Waals surface area contributed by atoms with Crippen LogP contribution < -0.4 is 0 Å². The van der Waals surface area contributed by atoms with Crippen molar-refractivity contribution in [2.45, 2.75) is 316 Å². The molecule has 0 bridgehead atoms. The summed E-state index contributed by atoms with van der Waals surface area (Å²) >= 11 is 0. The first-order chi connectivity index (χ1) is 50.7. The predicted molar refractivity (Wildman–Crippen MR) is 427 cm³/mol. The second-order valence-corrected chi connectivity index (χ2v) is 28.8. The number of allylic oxidation sites excluding steroid dienone is 26. The molecule has 0 aromatic rings. The van der Waals surface area contributed by atoms with Crippen LogP contribution in [0.2, 0.25) is 0 Å². The largest absolute Gasteiger partial charge is 0.472 e. The summed E-state index contributed by atoms with van der Waals surface area (Å²) in [6.07, 6.45) is 88.0. The van der Waals surface area contributed by atoms with Gasteiger partial charge in [-0.05, 0) is 167 Å². The number of phosphoric acid groups is 2. The van der Waals surface area contributed by atoms with Crippen LogP contribution in [-0.4, -0.2) is 96.7 Å². The van der Waals surface area contributed by atoms with Crippen molar-refractivity contribution in [3.8, 4) is 0 Å². The Labute approximate surface area is 629 Å². The van der Waals surface area contributed by atoms with Crippen molar-refractivity contribution >= 4 is 39.5 Å². The van der Waals surface area contributed by atoms with E-state index in [4.69, 9.17) is 37.0 Å². The Morgan fingerprint density at radius 3 is 0.837 bits per heavy atom. The van der Waals surface area contributed by atoms with Crippen molar-refractivity contribution in [1.82, 2.24) is 0 Å². The van der Waals surface area contributed by atoms with E-state index >= 15 is 0 Å². The zero-order valence-electron chi connectivity index (χ0n) is 64.6. The van der Waals surface area contributed by atoms with Crippen LogP contribution in [-0.2, 0) is 65.4 Å². The highest BCUT2D eigenvalue weighted by molar-refractivity contribution is 7.47. The molecule has 592 valence electrons. The van der Waals surface area contributed by atoms with E-state index in [1.54, 1.807) is 0 Å². The number of hydrogen-bond donors (Lipinski definition) is 3. The first-order valence-electron chi connectivity index (χ1n) is 39.7. The van der Waals surface area contributed by atoms with Crippen LogP contribution in [0.15, 0.2) is 158 Å². The molecule has 0 amide bonds. The van der Waals surface area contributed by atoms with Crippen LogP contribution in [0.25, 0.3) is 0 Å². The summed E-state index contributed by atoms with van der Waals surface area (Å²) in [5.74, 6) is -2.29. The number of ether oxygens (including phenoxy) is 4. The summed E-state index contributed by atoms with van der Waals surface area (Å²) in [6, 6.07) is 0. The maximum absolute atomic E-state index is 13.1. The van der Waals surface area contributed by atoms with Crippen molar-refractivity contribution < 1.29 is 80.2 Å². The zero-order chi connectivity index (χ0) is 76.0. The SMILES string of the molecule is CC/C=C\C/C=C\C/C=C\C/C=C\C/C=C\CCCCCC(=O)OCC(COP(=O)(O)OCC(O)COP(=O)(O)OCC(COC(=O)CCCC/C=C\C/C=C\C/C=C\C/C=C\CC)OC(=O)CCCCCCC/C=C\CCCC)OC(=O)CCCCCCCC/C=C\C/C=C\C/C=C\CCCCC. The van der Waals surface area contributed by atoms with Crippen molar-refractivity contribution in [3.63, 3.8) is 0 Å². The highest BCUT2D eigenvalue weighted by Gasteiger charge is 2.30. The summed E-state index contributed by atoms with van der Waals surface area (Å²) in [4.78, 5) is 73.0. The van der Waals surface area contributed by atoms with Gasteiger partial charge in [0.25, 0.3) is 0 Å². The molecule has 3 N–H and O–H groups in total. The maximum Gasteiger partial charge on any atom is 0.472 e. The molecule has 0 aromatic carbocycles. The van der Waals surface area contributed by atoms with Gasteiger partial charge in [0.1, 0.15) is 19.3 Å². The topological polar surface area (TPSA) is 237 Å². The lowest BCUT2D eigenvalue weighted by molar-refractivity contribution is -0.161. The van der Waals surface area contributed by atoms with E-state index < -0.39 is 97.5 Å². The van der Waals surface area contributed by atoms with Crippen molar-refractivity contribution in [2.75, 3.05) is 39.6 Å². The number of aliphatic hydroxyl groups excluding tert-OH is 1. The molecule has 0 aliphatic heterocycles. The van der Waals surface area contributed by atoms with E-state index in [2.05, 4.69) is 186 Å². The summed E-state index contributed by atoms with van der Waals surface area (Å²) in [6.45, 7) is 4.46. The van der Waals surface area contributed by atoms with Gasteiger partial charge in [0.05, 0.1) is 26.4 Å². The number of esters is 4. The van der Waals surface area contributed by atoms with E-state index in [0.29, 0.717) is 25.7 Å². The zero-order valence-corrected chi connectivity index (χ0v) is 66.4. The third-order valence-electron chi connectivity index (χ3n) is 16.0. The van der Waals surface area contributed by atoms with Crippen LogP contribution >= 0.6 is 15.6 Å². The van der Waals surface area contributed by atoms with Crippen molar-refractivity contribution in [3.05, 3.63) is 158 Å². The van der Waals surface area contributed by atoms with E-state index in [-0.39, 0.29) is 25.7 Å². The molecular weight excluding hydrogens is 1350 g/mol. The third-order valence-corrected chi connectivity index (χ3v) is 17.9. The van der Waals surface area contributed by atoms with Gasteiger partial charge in [-0.3, -0.25) is 37.3 Å². The Morgan fingerprint density at radius 2 is 0.510 bits per heavy atom. The Hall–Kier alpha value is -5.32. The number of unbranched alkanes of at least 4 members (excludes halogenated alkanes) is 21. The molecular formula is C85H140O17P2. The smallest absolute Gasteiger partial charge is 0.462 e. The molecule has 0 fully saturated rings. The monoisotopic (exact) mass is 1490 g/mol. The highest BCUT2D eigenvalue weighted by atomic mass is 31.2. The molecule has 104 heavy (non-hydrogen) atoms. The molecule has 0 spiro atoms. The van der Waals surface area contributed by atoms with Crippen LogP contribution in [0.4, 0.5) is 0 Å². The van der Waals surface area contributed by atoms with E-state index in [1.165, 1.54) is 32.1 Å². The number of carbonyl (C=O) groups excluding carboxylic acids is 4. The Kier molecular flexibility index (Phi) is 72.0. The Bertz CT molecular complexity index is 2590. The minimum absolute atomic E-state index is 0.0665. The number of rotatable bonds is 73. The lowest BCUT2D eigenvalue weighted by atomic mass is 10.1. The Balaban J connectivity index is 5.43. The van der Waals surface area contributed by atoms with E-state index in [9.17, 15) is 43.2 Å². The molecule has 0 aromatic heterocycles. The van der Waals surface area contributed by atoms with Crippen molar-refractivity contribution in [1.29, 1.82) is 0 Å². The second-order valence-electron chi connectivity index (χ2n) is 25.9. The van der Waals surface area contributed by atoms with Crippen LogP contribution in [0, 0.1) is 0 Å². The normalized spacial score (nSPS) is 14.7. The molecule has 0 radical (unpaired) electrons. The van der Waals surface area contributed by atoms with E-state index in [0.717, 1.165) is 186 Å². The number of phosphoric ester groups is 2. The number of hydrogen-bond acceptors (Lipinski definition) is 15. The first-order valence-corrected chi connectivity index (χ1v) is 42.7. The first kappa shape index (κ1) is 98.7. The third kappa shape index (κ3) is 74.9. The molecule has 0 rings (SSSR count). The number of aliphatic hydroxyl groups is 1. The maximum atomic E-state index is 13.1. The molecule has 19 heteroatoms. The minimum atomic E-state index is -5.00. The van der Waals surface area contributed by atoms with Crippen molar-refractivity contribution in [2.24, 2.45) is 0 Å². The molecule has 0 saturated carbocycles. The quantitative estimate of drug-likeness (QED) is 0.0169. The molecule has 0 aliphatic carbocycles. The van der Waals surface area contributed by atoms with Gasteiger partial charge in [0, 0.05) is 25.7 Å². The van der Waals surface area contributed by atoms with Gasteiger partial charge in [0.2, 0.25) is 0 Å². The fourth-order valence-electron chi connectivity index (χ4n) is 9.93. The highest BCUT2D eigenvalue weighted by Crippen LogP contribution is 2.45. The average molecular weight is 1500 g/mol. The molecule has 5 unspecified atom stereocenters. The Morgan fingerprint density at radius 1 is 0.279 bits per heavy atom. The van der Waals surface area contributed by atoms with Gasteiger partial charge < -0.3 is 33.8 Å². The molecule has 0 heterocycles.